The molecule has 2 saturated heterocycles. The second-order valence-corrected chi connectivity index (χ2v) is 13.6. The number of aromatic nitrogens is 3. The second kappa shape index (κ2) is 11.2. The van der Waals surface area contributed by atoms with Crippen molar-refractivity contribution in [2.24, 2.45) is 5.92 Å². The summed E-state index contributed by atoms with van der Waals surface area (Å²) in [5.74, 6) is 3.09. The van der Waals surface area contributed by atoms with Crippen LogP contribution < -0.4 is 5.32 Å². The van der Waals surface area contributed by atoms with E-state index in [-0.39, 0.29) is 12.0 Å². The summed E-state index contributed by atoms with van der Waals surface area (Å²) in [6, 6.07) is 1.87. The highest BCUT2D eigenvalue weighted by molar-refractivity contribution is 7.12. The van der Waals surface area contributed by atoms with Gasteiger partial charge in [0, 0.05) is 46.3 Å². The number of nitrogens with zero attached hydrogens (tertiary/aromatic N) is 4. The van der Waals surface area contributed by atoms with E-state index >= 15 is 0 Å². The molecule has 2 aromatic heterocycles. The maximum Gasteiger partial charge on any atom is 0.223 e. The van der Waals surface area contributed by atoms with Gasteiger partial charge in [-0.05, 0) is 83.8 Å². The van der Waals surface area contributed by atoms with Gasteiger partial charge in [-0.3, -0.25) is 9.69 Å². The van der Waals surface area contributed by atoms with E-state index in [1.807, 2.05) is 11.3 Å². The molecule has 0 spiro atoms. The molecule has 4 heterocycles. The van der Waals surface area contributed by atoms with Crippen LogP contribution in [0.25, 0.3) is 0 Å². The van der Waals surface area contributed by atoms with E-state index in [1.165, 1.54) is 65.8 Å². The van der Waals surface area contributed by atoms with Crippen LogP contribution in [0.5, 0.6) is 0 Å². The third-order valence-corrected chi connectivity index (χ3v) is 11.1. The van der Waals surface area contributed by atoms with Crippen LogP contribution in [0.2, 0.25) is 0 Å². The van der Waals surface area contributed by atoms with Gasteiger partial charge in [-0.2, -0.15) is 0 Å². The minimum absolute atomic E-state index is 0.122. The predicted octanol–water partition coefficient (Wildman–Crippen LogP) is 6.69. The SMILES string of the molecule is Cc1sc([C@H](CCN2[C@H]3CC[C@H]2CC(n2c(C)nnc2C(C)C)C3)NC(=O)C2CCCCC2)c(C)c1C. The molecular formula is C30H47N5OS. The van der Waals surface area contributed by atoms with Crippen molar-refractivity contribution >= 4 is 17.2 Å². The Balaban J connectivity index is 1.29. The van der Waals surface area contributed by atoms with Gasteiger partial charge in [0.25, 0.3) is 0 Å². The van der Waals surface area contributed by atoms with Crippen LogP contribution in [0, 0.1) is 33.6 Å². The van der Waals surface area contributed by atoms with Gasteiger partial charge in [0.2, 0.25) is 5.91 Å². The number of thiophene rings is 1. The molecule has 2 aliphatic heterocycles. The summed E-state index contributed by atoms with van der Waals surface area (Å²) in [7, 11) is 0. The van der Waals surface area contributed by atoms with Crippen molar-refractivity contribution in [2.75, 3.05) is 6.54 Å². The molecule has 3 aliphatic rings. The van der Waals surface area contributed by atoms with Gasteiger partial charge in [-0.15, -0.1) is 21.5 Å². The first kappa shape index (κ1) is 26.9. The Morgan fingerprint density at radius 2 is 1.62 bits per heavy atom. The van der Waals surface area contributed by atoms with Crippen molar-refractivity contribution in [1.29, 1.82) is 0 Å². The third-order valence-electron chi connectivity index (χ3n) is 9.64. The summed E-state index contributed by atoms with van der Waals surface area (Å²) in [6.07, 6.45) is 11.7. The topological polar surface area (TPSA) is 63.1 Å². The maximum atomic E-state index is 13.3. The summed E-state index contributed by atoms with van der Waals surface area (Å²) >= 11 is 1.90. The molecule has 204 valence electrons. The van der Waals surface area contributed by atoms with E-state index in [2.05, 4.69) is 66.5 Å². The fourth-order valence-electron chi connectivity index (χ4n) is 7.35. The van der Waals surface area contributed by atoms with Gasteiger partial charge in [0.1, 0.15) is 11.6 Å². The van der Waals surface area contributed by atoms with Crippen LogP contribution in [0.3, 0.4) is 0 Å². The van der Waals surface area contributed by atoms with Crippen molar-refractivity contribution < 1.29 is 4.79 Å². The smallest absolute Gasteiger partial charge is 0.223 e. The lowest BCUT2D eigenvalue weighted by Gasteiger charge is -2.40. The van der Waals surface area contributed by atoms with E-state index in [9.17, 15) is 4.79 Å². The number of rotatable bonds is 8. The standard InChI is InChI=1S/C30H47N5OS/c1-18(2)29-33-32-22(6)35(29)26-16-24-12-13-25(17-26)34(24)15-14-27(28-20(4)19(3)21(5)37-28)31-30(36)23-10-8-7-9-11-23/h18,23-27H,7-17H2,1-6H3,(H,31,36)/t24-,25-,27-/m0/s1. The summed E-state index contributed by atoms with van der Waals surface area (Å²) in [5.41, 5.74) is 2.77. The van der Waals surface area contributed by atoms with Crippen LogP contribution in [-0.4, -0.2) is 44.2 Å². The lowest BCUT2D eigenvalue weighted by molar-refractivity contribution is -0.126. The normalized spacial score (nSPS) is 25.6. The molecule has 1 saturated carbocycles. The molecule has 1 aliphatic carbocycles. The summed E-state index contributed by atoms with van der Waals surface area (Å²) in [6.45, 7) is 14.3. The highest BCUT2D eigenvalue weighted by Gasteiger charge is 2.42. The molecule has 3 fully saturated rings. The lowest BCUT2D eigenvalue weighted by atomic mass is 9.88. The number of hydrogen-bond donors (Lipinski definition) is 1. The van der Waals surface area contributed by atoms with Gasteiger partial charge < -0.3 is 9.88 Å². The molecule has 0 aromatic carbocycles. The van der Waals surface area contributed by atoms with Gasteiger partial charge in [-0.25, -0.2) is 0 Å². The Bertz CT molecular complexity index is 1080. The Morgan fingerprint density at radius 3 is 2.22 bits per heavy atom. The first-order valence-electron chi connectivity index (χ1n) is 14.8. The third kappa shape index (κ3) is 5.40. The number of carbonyl (C=O) groups is 1. The Morgan fingerprint density at radius 1 is 0.946 bits per heavy atom. The van der Waals surface area contributed by atoms with Crippen LogP contribution >= 0.6 is 11.3 Å². The van der Waals surface area contributed by atoms with E-state index in [1.54, 1.807) is 0 Å². The number of nitrogens with one attached hydrogen (secondary N) is 1. The van der Waals surface area contributed by atoms with Crippen LogP contribution in [0.4, 0.5) is 0 Å². The average molecular weight is 526 g/mol. The minimum Gasteiger partial charge on any atom is -0.348 e. The Labute approximate surface area is 227 Å². The molecule has 0 radical (unpaired) electrons. The van der Waals surface area contributed by atoms with Crippen LogP contribution in [0.1, 0.15) is 129 Å². The highest BCUT2D eigenvalue weighted by atomic mass is 32.1. The van der Waals surface area contributed by atoms with E-state index in [4.69, 9.17) is 0 Å². The monoisotopic (exact) mass is 525 g/mol. The fourth-order valence-corrected chi connectivity index (χ4v) is 8.61. The molecule has 1 N–H and O–H groups in total. The number of aryl methyl sites for hydroxylation is 2. The van der Waals surface area contributed by atoms with E-state index in [0.29, 0.717) is 30.0 Å². The highest BCUT2D eigenvalue weighted by Crippen LogP contribution is 2.43. The Kier molecular flexibility index (Phi) is 8.11. The summed E-state index contributed by atoms with van der Waals surface area (Å²) in [4.78, 5) is 18.9. The molecule has 6 nitrogen and oxygen atoms in total. The zero-order chi connectivity index (χ0) is 26.3. The van der Waals surface area contributed by atoms with E-state index in [0.717, 1.165) is 37.5 Å². The van der Waals surface area contributed by atoms with Gasteiger partial charge in [-0.1, -0.05) is 33.1 Å². The van der Waals surface area contributed by atoms with Crippen LogP contribution in [0.15, 0.2) is 0 Å². The maximum absolute atomic E-state index is 13.3. The lowest BCUT2D eigenvalue weighted by Crippen LogP contribution is -2.45. The zero-order valence-corrected chi connectivity index (χ0v) is 24.7. The van der Waals surface area contributed by atoms with Gasteiger partial charge >= 0.3 is 0 Å². The molecule has 2 aromatic rings. The van der Waals surface area contributed by atoms with Crippen molar-refractivity contribution in [3.63, 3.8) is 0 Å². The number of piperidine rings is 1. The number of hydrogen-bond acceptors (Lipinski definition) is 5. The Hall–Kier alpha value is -1.73. The average Bonchev–Trinajstić information content (AvgIpc) is 3.48. The number of fused-ring (bicyclic) bond motifs is 2. The van der Waals surface area contributed by atoms with Gasteiger partial charge in [0.05, 0.1) is 6.04 Å². The number of carbonyl (C=O) groups excluding carboxylic acids is 1. The molecule has 1 amide bonds. The molecular weight excluding hydrogens is 478 g/mol. The molecule has 37 heavy (non-hydrogen) atoms. The van der Waals surface area contributed by atoms with Crippen molar-refractivity contribution in [3.8, 4) is 0 Å². The number of amides is 1. The molecule has 3 atom stereocenters. The second-order valence-electron chi connectivity index (χ2n) is 12.3. The largest absolute Gasteiger partial charge is 0.348 e. The van der Waals surface area contributed by atoms with Crippen molar-refractivity contribution in [2.45, 2.75) is 136 Å². The quantitative estimate of drug-likeness (QED) is 0.417. The van der Waals surface area contributed by atoms with E-state index < -0.39 is 0 Å². The molecule has 0 unspecified atom stereocenters. The van der Waals surface area contributed by atoms with Crippen molar-refractivity contribution in [1.82, 2.24) is 25.0 Å². The van der Waals surface area contributed by atoms with Crippen LogP contribution in [-0.2, 0) is 4.79 Å². The zero-order valence-electron chi connectivity index (χ0n) is 23.8. The fraction of sp³-hybridized carbons (Fsp3) is 0.767. The molecule has 2 bridgehead atoms. The molecule has 7 heteroatoms. The van der Waals surface area contributed by atoms with Gasteiger partial charge in [0.15, 0.2) is 0 Å². The minimum atomic E-state index is 0.122. The summed E-state index contributed by atoms with van der Waals surface area (Å²) < 4.78 is 2.45. The summed E-state index contributed by atoms with van der Waals surface area (Å²) in [5, 5.41) is 12.5. The molecule has 5 rings (SSSR count). The van der Waals surface area contributed by atoms with Crippen molar-refractivity contribution in [3.05, 3.63) is 32.5 Å². The first-order valence-corrected chi connectivity index (χ1v) is 15.6. The predicted molar refractivity (Wildman–Crippen MR) is 151 cm³/mol. The first-order chi connectivity index (χ1) is 17.7.